The second-order valence-electron chi connectivity index (χ2n) is 11.6. The fraction of sp³-hybridized carbons (Fsp3) is 0.846. The van der Waals surface area contributed by atoms with Gasteiger partial charge >= 0.3 is 0 Å². The third kappa shape index (κ3) is 2.62. The molecule has 4 heteroatoms. The molecule has 1 saturated heterocycles. The van der Waals surface area contributed by atoms with E-state index in [2.05, 4.69) is 19.9 Å². The molecule has 30 heavy (non-hydrogen) atoms. The molecule has 4 aliphatic carbocycles. The first-order valence-corrected chi connectivity index (χ1v) is 12.5. The lowest BCUT2D eigenvalue weighted by Gasteiger charge is -2.60. The Bertz CT molecular complexity index is 764. The number of furan rings is 1. The molecule has 1 aromatic rings. The quantitative estimate of drug-likeness (QED) is 0.680. The molecule has 6 rings (SSSR count). The third-order valence-electron chi connectivity index (χ3n) is 10.6. The Morgan fingerprint density at radius 2 is 2.07 bits per heavy atom. The summed E-state index contributed by atoms with van der Waals surface area (Å²) < 4.78 is 19.0. The largest absolute Gasteiger partial charge is 0.472 e. The summed E-state index contributed by atoms with van der Waals surface area (Å²) in [6.45, 7) is 6.70. The average Bonchev–Trinajstić information content (AvgIpc) is 3.33. The maximum atomic E-state index is 7.20. The van der Waals surface area contributed by atoms with Crippen LogP contribution in [0.3, 0.4) is 0 Å². The Balaban J connectivity index is 1.34. The lowest BCUT2D eigenvalue weighted by molar-refractivity contribution is -0.176. The van der Waals surface area contributed by atoms with Gasteiger partial charge in [-0.15, -0.1) is 0 Å². The van der Waals surface area contributed by atoms with Gasteiger partial charge in [0, 0.05) is 13.0 Å². The second kappa shape index (κ2) is 7.08. The van der Waals surface area contributed by atoms with Gasteiger partial charge in [-0.05, 0) is 104 Å². The first-order chi connectivity index (χ1) is 14.6. The molecule has 166 valence electrons. The zero-order valence-electron chi connectivity index (χ0n) is 18.7. The first-order valence-electron chi connectivity index (χ1n) is 12.5. The van der Waals surface area contributed by atoms with Crippen molar-refractivity contribution in [3.63, 3.8) is 0 Å². The summed E-state index contributed by atoms with van der Waals surface area (Å²) in [6, 6.07) is 2.20. The van der Waals surface area contributed by atoms with Crippen molar-refractivity contribution in [2.45, 2.75) is 89.4 Å². The topological polar surface area (TPSA) is 57.6 Å². The van der Waals surface area contributed by atoms with Crippen LogP contribution in [0, 0.1) is 34.5 Å². The van der Waals surface area contributed by atoms with Crippen LogP contribution in [0.4, 0.5) is 0 Å². The lowest BCUT2D eigenvalue weighted by atomic mass is 9.44. The van der Waals surface area contributed by atoms with E-state index < -0.39 is 0 Å². The number of hydrogen-bond acceptors (Lipinski definition) is 4. The highest BCUT2D eigenvalue weighted by atomic mass is 16.5. The van der Waals surface area contributed by atoms with Gasteiger partial charge in [-0.1, -0.05) is 13.8 Å². The predicted molar refractivity (Wildman–Crippen MR) is 116 cm³/mol. The van der Waals surface area contributed by atoms with Gasteiger partial charge in [-0.3, -0.25) is 0 Å². The molecule has 0 spiro atoms. The molecule has 1 aromatic heterocycles. The highest BCUT2D eigenvalue weighted by Gasteiger charge is 2.68. The van der Waals surface area contributed by atoms with Crippen molar-refractivity contribution in [1.82, 2.24) is 0 Å². The van der Waals surface area contributed by atoms with Gasteiger partial charge in [0.1, 0.15) is 0 Å². The molecule has 5 aliphatic rings. The summed E-state index contributed by atoms with van der Waals surface area (Å²) in [5.41, 5.74) is 7.80. The van der Waals surface area contributed by atoms with Crippen molar-refractivity contribution < 1.29 is 13.9 Å². The zero-order chi connectivity index (χ0) is 20.5. The summed E-state index contributed by atoms with van der Waals surface area (Å²) >= 11 is 0. The summed E-state index contributed by atoms with van der Waals surface area (Å²) in [5.74, 6) is 3.71. The highest BCUT2D eigenvalue weighted by molar-refractivity contribution is 5.25. The van der Waals surface area contributed by atoms with Gasteiger partial charge in [0.15, 0.2) is 0 Å². The molecule has 4 saturated carbocycles. The van der Waals surface area contributed by atoms with Gasteiger partial charge in [0.25, 0.3) is 0 Å². The van der Waals surface area contributed by atoms with Crippen LogP contribution >= 0.6 is 0 Å². The number of nitrogens with two attached hydrogens (primary N) is 1. The van der Waals surface area contributed by atoms with E-state index in [1.807, 2.05) is 12.5 Å². The van der Waals surface area contributed by atoms with E-state index >= 15 is 0 Å². The van der Waals surface area contributed by atoms with Crippen LogP contribution in [0.1, 0.15) is 76.7 Å². The van der Waals surface area contributed by atoms with Crippen molar-refractivity contribution in [1.29, 1.82) is 0 Å². The van der Waals surface area contributed by atoms with E-state index in [4.69, 9.17) is 19.6 Å². The fourth-order valence-electron chi connectivity index (χ4n) is 9.29. The Hall–Kier alpha value is -0.840. The number of ether oxygens (including phenoxy) is 2. The Morgan fingerprint density at radius 1 is 1.17 bits per heavy atom. The standard InChI is InChI=1S/C26H39NO3/c1-25-8-6-20-19-5-4-17-12-18(29-10-3-9-27)13-23(26(17,20)2)30-22(24(19)25)14-21(25)16-7-11-28-15-16/h7,11,15,17-24H,3-6,8-10,12-14,27H2,1-2H3/t17?,18?,19-,20-,21?,22?,23?,24-,25-,26+/m1/s1. The summed E-state index contributed by atoms with van der Waals surface area (Å²) in [7, 11) is 0. The predicted octanol–water partition coefficient (Wildman–Crippen LogP) is 5.13. The first kappa shape index (κ1) is 19.8. The van der Waals surface area contributed by atoms with Crippen molar-refractivity contribution in [3.8, 4) is 0 Å². The van der Waals surface area contributed by atoms with Gasteiger partial charge in [0.2, 0.25) is 0 Å². The van der Waals surface area contributed by atoms with Crippen molar-refractivity contribution in [2.75, 3.05) is 13.2 Å². The van der Waals surface area contributed by atoms with Crippen molar-refractivity contribution >= 4 is 0 Å². The second-order valence-corrected chi connectivity index (χ2v) is 11.6. The Morgan fingerprint density at radius 3 is 2.87 bits per heavy atom. The molecular weight excluding hydrogens is 374 g/mol. The molecule has 5 fully saturated rings. The molecule has 2 N–H and O–H groups in total. The van der Waals surface area contributed by atoms with Gasteiger partial charge < -0.3 is 19.6 Å². The highest BCUT2D eigenvalue weighted by Crippen LogP contribution is 2.72. The molecule has 0 radical (unpaired) electrons. The monoisotopic (exact) mass is 413 g/mol. The van der Waals surface area contributed by atoms with E-state index in [0.29, 0.717) is 41.0 Å². The molecule has 2 heterocycles. The van der Waals surface area contributed by atoms with Crippen molar-refractivity contribution in [3.05, 3.63) is 24.2 Å². The van der Waals surface area contributed by atoms with E-state index in [1.165, 1.54) is 44.1 Å². The van der Waals surface area contributed by atoms with Crippen LogP contribution in [0.5, 0.6) is 0 Å². The smallest absolute Gasteiger partial charge is 0.0937 e. The normalized spacial score (nSPS) is 51.6. The van der Waals surface area contributed by atoms with E-state index in [0.717, 1.165) is 43.7 Å². The SMILES string of the molecule is C[C@]12C3CC[C@@H]4[C@H]1CC[C@]1(C)C(c5ccoc5)CC(OC2CC(OCCCN)C3)[C@@H]41. The summed E-state index contributed by atoms with van der Waals surface area (Å²) in [6.07, 6.45) is 14.9. The molecule has 0 amide bonds. The van der Waals surface area contributed by atoms with E-state index in [9.17, 15) is 0 Å². The van der Waals surface area contributed by atoms with Crippen LogP contribution < -0.4 is 5.73 Å². The van der Waals surface area contributed by atoms with Crippen LogP contribution in [-0.2, 0) is 9.47 Å². The Kier molecular flexibility index (Phi) is 4.68. The molecular formula is C26H39NO3. The molecule has 5 unspecified atom stereocenters. The zero-order valence-corrected chi connectivity index (χ0v) is 18.7. The minimum absolute atomic E-state index is 0.341. The van der Waals surface area contributed by atoms with Crippen molar-refractivity contribution in [2.24, 2.45) is 40.2 Å². The maximum Gasteiger partial charge on any atom is 0.0937 e. The molecule has 4 bridgehead atoms. The number of rotatable bonds is 5. The molecule has 1 aliphatic heterocycles. The lowest BCUT2D eigenvalue weighted by Crippen LogP contribution is -2.57. The van der Waals surface area contributed by atoms with E-state index in [-0.39, 0.29) is 0 Å². The third-order valence-corrected chi connectivity index (χ3v) is 10.6. The average molecular weight is 414 g/mol. The van der Waals surface area contributed by atoms with Gasteiger partial charge in [-0.25, -0.2) is 0 Å². The molecule has 0 aromatic carbocycles. The number of hydrogen-bond donors (Lipinski definition) is 1. The van der Waals surface area contributed by atoms with Gasteiger partial charge in [0.05, 0.1) is 30.8 Å². The van der Waals surface area contributed by atoms with Crippen LogP contribution in [-0.4, -0.2) is 31.5 Å². The van der Waals surface area contributed by atoms with Crippen LogP contribution in [0.25, 0.3) is 0 Å². The Labute approximate surface area is 181 Å². The minimum atomic E-state index is 0.341. The van der Waals surface area contributed by atoms with Crippen LogP contribution in [0.2, 0.25) is 0 Å². The fourth-order valence-corrected chi connectivity index (χ4v) is 9.29. The molecule has 4 nitrogen and oxygen atoms in total. The summed E-state index contributed by atoms with van der Waals surface area (Å²) in [4.78, 5) is 0. The maximum absolute atomic E-state index is 7.20. The van der Waals surface area contributed by atoms with E-state index in [1.54, 1.807) is 0 Å². The van der Waals surface area contributed by atoms with Gasteiger partial charge in [-0.2, -0.15) is 0 Å². The summed E-state index contributed by atoms with van der Waals surface area (Å²) in [5, 5.41) is 0. The minimum Gasteiger partial charge on any atom is -0.472 e. The van der Waals surface area contributed by atoms with Crippen LogP contribution in [0.15, 0.2) is 23.0 Å². The molecule has 10 atom stereocenters.